The van der Waals surface area contributed by atoms with E-state index in [1.165, 1.54) is 0 Å². The Hall–Kier alpha value is -1.95. The molecule has 0 saturated carbocycles. The number of fused-ring (bicyclic) bond motifs is 1. The number of anilines is 1. The number of aromatic nitrogens is 4. The van der Waals surface area contributed by atoms with Crippen LogP contribution in [0.1, 0.15) is 5.01 Å². The average Bonchev–Trinajstić information content (AvgIpc) is 2.97. The maximum Gasteiger partial charge on any atom is 0.142 e. The first-order chi connectivity index (χ1) is 7.93. The van der Waals surface area contributed by atoms with E-state index < -0.39 is 0 Å². The molecule has 0 fully saturated rings. The van der Waals surface area contributed by atoms with E-state index in [9.17, 15) is 0 Å². The van der Waals surface area contributed by atoms with Gasteiger partial charge in [0.15, 0.2) is 0 Å². The van der Waals surface area contributed by atoms with Gasteiger partial charge in [-0.25, -0.2) is 15.0 Å². The lowest BCUT2D eigenvalue weighted by molar-refractivity contribution is 1.07. The topological polar surface area (TPSA) is 66.5 Å². The van der Waals surface area contributed by atoms with Gasteiger partial charge in [-0.3, -0.25) is 0 Å². The largest absolute Gasteiger partial charge is 0.363 e. The lowest BCUT2D eigenvalue weighted by Crippen LogP contribution is -2.01. The number of H-pyrrole nitrogens is 1. The van der Waals surface area contributed by atoms with Crippen molar-refractivity contribution in [3.05, 3.63) is 35.2 Å². The van der Waals surface area contributed by atoms with Crippen molar-refractivity contribution >= 4 is 28.2 Å². The Kier molecular flexibility index (Phi) is 2.26. The SMILES string of the molecule is c1csc(CNc2ncnc3[nH]ccc23)n1. The molecule has 0 atom stereocenters. The van der Waals surface area contributed by atoms with Gasteiger partial charge >= 0.3 is 0 Å². The minimum absolute atomic E-state index is 0.689. The molecule has 0 aromatic carbocycles. The Bertz CT molecular complexity index is 586. The Balaban J connectivity index is 1.86. The van der Waals surface area contributed by atoms with Crippen LogP contribution in [0, 0.1) is 0 Å². The Labute approximate surface area is 95.6 Å². The number of hydrogen-bond acceptors (Lipinski definition) is 5. The number of nitrogens with one attached hydrogen (secondary N) is 2. The molecule has 5 nitrogen and oxygen atoms in total. The Morgan fingerprint density at radius 1 is 1.31 bits per heavy atom. The van der Waals surface area contributed by atoms with Crippen molar-refractivity contribution in [3.63, 3.8) is 0 Å². The van der Waals surface area contributed by atoms with Gasteiger partial charge in [0.2, 0.25) is 0 Å². The van der Waals surface area contributed by atoms with E-state index in [-0.39, 0.29) is 0 Å². The van der Waals surface area contributed by atoms with Crippen LogP contribution in [0.3, 0.4) is 0 Å². The van der Waals surface area contributed by atoms with Crippen molar-refractivity contribution in [1.82, 2.24) is 19.9 Å². The van der Waals surface area contributed by atoms with Crippen LogP contribution in [0.15, 0.2) is 30.2 Å². The molecule has 0 aliphatic heterocycles. The molecule has 0 saturated heterocycles. The van der Waals surface area contributed by atoms with Crippen LogP contribution in [0.5, 0.6) is 0 Å². The first-order valence-electron chi connectivity index (χ1n) is 4.84. The zero-order chi connectivity index (χ0) is 10.8. The highest BCUT2D eigenvalue weighted by molar-refractivity contribution is 7.09. The van der Waals surface area contributed by atoms with Crippen LogP contribution in [0.25, 0.3) is 11.0 Å². The summed E-state index contributed by atoms with van der Waals surface area (Å²) in [6, 6.07) is 1.96. The van der Waals surface area contributed by atoms with E-state index in [2.05, 4.69) is 25.3 Å². The van der Waals surface area contributed by atoms with Crippen LogP contribution in [-0.2, 0) is 6.54 Å². The highest BCUT2D eigenvalue weighted by atomic mass is 32.1. The summed E-state index contributed by atoms with van der Waals surface area (Å²) in [5.41, 5.74) is 0.844. The second kappa shape index (κ2) is 3.90. The third-order valence-corrected chi connectivity index (χ3v) is 3.02. The molecule has 2 N–H and O–H groups in total. The summed E-state index contributed by atoms with van der Waals surface area (Å²) in [7, 11) is 0. The van der Waals surface area contributed by atoms with Crippen molar-refractivity contribution < 1.29 is 0 Å². The first kappa shape index (κ1) is 9.29. The van der Waals surface area contributed by atoms with Gasteiger partial charge in [-0.2, -0.15) is 0 Å². The van der Waals surface area contributed by atoms with E-state index in [1.54, 1.807) is 23.9 Å². The summed E-state index contributed by atoms with van der Waals surface area (Å²) in [5.74, 6) is 0.835. The summed E-state index contributed by atoms with van der Waals surface area (Å²) < 4.78 is 0. The van der Waals surface area contributed by atoms with Crippen molar-refractivity contribution in [2.45, 2.75) is 6.54 Å². The molecule has 0 spiro atoms. The van der Waals surface area contributed by atoms with Gasteiger partial charge in [-0.15, -0.1) is 11.3 Å². The summed E-state index contributed by atoms with van der Waals surface area (Å²) in [5, 5.41) is 7.26. The molecular weight excluding hydrogens is 222 g/mol. The van der Waals surface area contributed by atoms with Gasteiger partial charge in [0.25, 0.3) is 0 Å². The predicted molar refractivity (Wildman–Crippen MR) is 63.3 cm³/mol. The summed E-state index contributed by atoms with van der Waals surface area (Å²) in [6.07, 6.45) is 5.20. The van der Waals surface area contributed by atoms with E-state index in [0.29, 0.717) is 6.54 Å². The molecule has 3 heterocycles. The van der Waals surface area contributed by atoms with Gasteiger partial charge in [-0.05, 0) is 6.07 Å². The van der Waals surface area contributed by atoms with E-state index in [0.717, 1.165) is 21.9 Å². The van der Waals surface area contributed by atoms with E-state index in [1.807, 2.05) is 17.6 Å². The fourth-order valence-corrected chi connectivity index (χ4v) is 2.07. The van der Waals surface area contributed by atoms with Crippen LogP contribution in [0.2, 0.25) is 0 Å². The highest BCUT2D eigenvalue weighted by Crippen LogP contribution is 2.18. The van der Waals surface area contributed by atoms with Crippen LogP contribution in [-0.4, -0.2) is 19.9 Å². The van der Waals surface area contributed by atoms with Gasteiger partial charge in [0.1, 0.15) is 22.8 Å². The Morgan fingerprint density at radius 3 is 3.19 bits per heavy atom. The molecule has 16 heavy (non-hydrogen) atoms. The molecule has 6 heteroatoms. The maximum atomic E-state index is 4.21. The second-order valence-corrected chi connectivity index (χ2v) is 4.22. The third kappa shape index (κ3) is 1.63. The molecular formula is C10H9N5S. The van der Waals surface area contributed by atoms with E-state index in [4.69, 9.17) is 0 Å². The van der Waals surface area contributed by atoms with Crippen LogP contribution < -0.4 is 5.32 Å². The standard InChI is InChI=1S/C10H9N5S/c1-2-12-9-7(1)10(15-6-14-9)13-5-8-11-3-4-16-8/h1-4,6H,5H2,(H2,12,13,14,15). The van der Waals surface area contributed by atoms with Crippen LogP contribution in [0.4, 0.5) is 5.82 Å². The quantitative estimate of drug-likeness (QED) is 0.723. The summed E-state index contributed by atoms with van der Waals surface area (Å²) >= 11 is 1.62. The number of nitrogens with zero attached hydrogens (tertiary/aromatic N) is 3. The number of thiazole rings is 1. The number of hydrogen-bond donors (Lipinski definition) is 2. The maximum absolute atomic E-state index is 4.21. The molecule has 3 rings (SSSR count). The Morgan fingerprint density at radius 2 is 2.31 bits per heavy atom. The summed E-state index contributed by atoms with van der Waals surface area (Å²) in [6.45, 7) is 0.689. The molecule has 0 unspecified atom stereocenters. The zero-order valence-corrected chi connectivity index (χ0v) is 9.16. The van der Waals surface area contributed by atoms with Crippen molar-refractivity contribution in [2.24, 2.45) is 0 Å². The molecule has 3 aromatic heterocycles. The van der Waals surface area contributed by atoms with Gasteiger partial charge in [0, 0.05) is 17.8 Å². The predicted octanol–water partition coefficient (Wildman–Crippen LogP) is 2.03. The lowest BCUT2D eigenvalue weighted by Gasteiger charge is -2.03. The molecule has 0 amide bonds. The van der Waals surface area contributed by atoms with Crippen molar-refractivity contribution in [1.29, 1.82) is 0 Å². The number of aromatic amines is 1. The minimum atomic E-state index is 0.689. The molecule has 0 bridgehead atoms. The first-order valence-corrected chi connectivity index (χ1v) is 5.72. The third-order valence-electron chi connectivity index (χ3n) is 2.24. The zero-order valence-electron chi connectivity index (χ0n) is 8.34. The smallest absolute Gasteiger partial charge is 0.142 e. The minimum Gasteiger partial charge on any atom is -0.363 e. The second-order valence-electron chi connectivity index (χ2n) is 3.24. The normalized spacial score (nSPS) is 10.8. The monoisotopic (exact) mass is 231 g/mol. The average molecular weight is 231 g/mol. The lowest BCUT2D eigenvalue weighted by atomic mass is 10.4. The van der Waals surface area contributed by atoms with Gasteiger partial charge in [0.05, 0.1) is 11.9 Å². The molecule has 80 valence electrons. The van der Waals surface area contributed by atoms with Crippen LogP contribution >= 0.6 is 11.3 Å². The van der Waals surface area contributed by atoms with Gasteiger partial charge in [-0.1, -0.05) is 0 Å². The fraction of sp³-hybridized carbons (Fsp3) is 0.100. The molecule has 0 aliphatic rings. The fourth-order valence-electron chi connectivity index (χ4n) is 1.51. The van der Waals surface area contributed by atoms with Crippen molar-refractivity contribution in [2.75, 3.05) is 5.32 Å². The van der Waals surface area contributed by atoms with Gasteiger partial charge < -0.3 is 10.3 Å². The molecule has 3 aromatic rings. The molecule has 0 radical (unpaired) electrons. The highest BCUT2D eigenvalue weighted by Gasteiger charge is 2.04. The van der Waals surface area contributed by atoms with Crippen molar-refractivity contribution in [3.8, 4) is 0 Å². The summed E-state index contributed by atoms with van der Waals surface area (Å²) in [4.78, 5) is 15.6. The molecule has 0 aliphatic carbocycles. The number of rotatable bonds is 3. The van der Waals surface area contributed by atoms with E-state index >= 15 is 0 Å².